The van der Waals surface area contributed by atoms with Crippen molar-refractivity contribution >= 4 is 29.1 Å². The van der Waals surface area contributed by atoms with Crippen LogP contribution in [0.3, 0.4) is 0 Å². The van der Waals surface area contributed by atoms with E-state index >= 15 is 0 Å². The van der Waals surface area contributed by atoms with E-state index in [4.69, 9.17) is 4.74 Å². The first-order chi connectivity index (χ1) is 11.6. The Morgan fingerprint density at radius 1 is 1.21 bits per heavy atom. The molecule has 3 rings (SSSR count). The van der Waals surface area contributed by atoms with Gasteiger partial charge in [0, 0.05) is 29.9 Å². The fourth-order valence-corrected chi connectivity index (χ4v) is 2.74. The lowest BCUT2D eigenvalue weighted by molar-refractivity contribution is 0.203. The number of carbonyl (C=O) groups excluding carboxylic acids is 1. The Labute approximate surface area is 138 Å². The van der Waals surface area contributed by atoms with E-state index in [-0.39, 0.29) is 0 Å². The molecule has 3 aromatic rings. The summed E-state index contributed by atoms with van der Waals surface area (Å²) < 4.78 is 6.93. The number of carboxylic acid groups (broad SMARTS) is 1. The smallest absolute Gasteiger partial charge is 0.411 e. The molecule has 0 aliphatic rings. The Bertz CT molecular complexity index is 930. The maximum Gasteiger partial charge on any atom is 0.411 e. The summed E-state index contributed by atoms with van der Waals surface area (Å²) in [5.41, 5.74) is 2.94. The largest absolute Gasteiger partial charge is 0.496 e. The maximum atomic E-state index is 11.2. The number of hydrogen-bond acceptors (Lipinski definition) is 3. The molecule has 1 aromatic heterocycles. The van der Waals surface area contributed by atoms with Gasteiger partial charge in [-0.15, -0.1) is 0 Å². The molecule has 0 aliphatic heterocycles. The molecule has 0 saturated heterocycles. The SMILES string of the molecule is COc1ccc(N(C)C(=O)O)cc1-c1cccc2c1ccn2C=O. The van der Waals surface area contributed by atoms with Crippen LogP contribution in [0.4, 0.5) is 10.5 Å². The molecule has 0 fully saturated rings. The number of amides is 1. The van der Waals surface area contributed by atoms with Gasteiger partial charge in [-0.1, -0.05) is 12.1 Å². The number of anilines is 1. The predicted molar refractivity (Wildman–Crippen MR) is 92.5 cm³/mol. The van der Waals surface area contributed by atoms with Gasteiger partial charge in [0.2, 0.25) is 6.41 Å². The van der Waals surface area contributed by atoms with Crippen molar-refractivity contribution < 1.29 is 19.4 Å². The van der Waals surface area contributed by atoms with Gasteiger partial charge >= 0.3 is 6.09 Å². The predicted octanol–water partition coefficient (Wildman–Crippen LogP) is 3.47. The number of benzene rings is 2. The second-order valence-electron chi connectivity index (χ2n) is 5.29. The van der Waals surface area contributed by atoms with Crippen molar-refractivity contribution in [2.45, 2.75) is 0 Å². The van der Waals surface area contributed by atoms with Gasteiger partial charge in [0.25, 0.3) is 0 Å². The van der Waals surface area contributed by atoms with Crippen LogP contribution in [0.2, 0.25) is 0 Å². The van der Waals surface area contributed by atoms with Crippen LogP contribution in [0.15, 0.2) is 48.7 Å². The van der Waals surface area contributed by atoms with Crippen LogP contribution in [0.25, 0.3) is 22.0 Å². The number of rotatable bonds is 4. The highest BCUT2D eigenvalue weighted by Gasteiger charge is 2.15. The van der Waals surface area contributed by atoms with Crippen LogP contribution in [0.1, 0.15) is 0 Å². The number of fused-ring (bicyclic) bond motifs is 1. The zero-order valence-electron chi connectivity index (χ0n) is 13.3. The average Bonchev–Trinajstić information content (AvgIpc) is 3.03. The maximum absolute atomic E-state index is 11.2. The number of methoxy groups -OCH3 is 1. The first-order valence-electron chi connectivity index (χ1n) is 7.26. The normalized spacial score (nSPS) is 10.6. The molecule has 0 bridgehead atoms. The van der Waals surface area contributed by atoms with Crippen LogP contribution < -0.4 is 9.64 Å². The summed E-state index contributed by atoms with van der Waals surface area (Å²) in [5, 5.41) is 10.1. The van der Waals surface area contributed by atoms with Crippen molar-refractivity contribution in [1.29, 1.82) is 0 Å². The minimum absolute atomic E-state index is 0.533. The Kier molecular flexibility index (Phi) is 3.95. The summed E-state index contributed by atoms with van der Waals surface area (Å²) in [6.45, 7) is 0. The molecule has 0 radical (unpaired) electrons. The fraction of sp³-hybridized carbons (Fsp3) is 0.111. The van der Waals surface area contributed by atoms with Crippen molar-refractivity contribution in [1.82, 2.24) is 4.57 Å². The quantitative estimate of drug-likeness (QED) is 0.746. The molecule has 0 unspecified atom stereocenters. The van der Waals surface area contributed by atoms with Gasteiger partial charge in [0.1, 0.15) is 5.75 Å². The van der Waals surface area contributed by atoms with E-state index in [9.17, 15) is 14.7 Å². The molecular formula is C18H16N2O4. The summed E-state index contributed by atoms with van der Waals surface area (Å²) in [6, 6.07) is 12.7. The average molecular weight is 324 g/mol. The van der Waals surface area contributed by atoms with Gasteiger partial charge in [0.15, 0.2) is 0 Å². The van der Waals surface area contributed by atoms with E-state index < -0.39 is 6.09 Å². The van der Waals surface area contributed by atoms with Crippen molar-refractivity contribution in [3.63, 3.8) is 0 Å². The molecule has 1 amide bonds. The molecule has 1 heterocycles. The highest BCUT2D eigenvalue weighted by Crippen LogP contribution is 2.37. The van der Waals surface area contributed by atoms with Crippen molar-refractivity contribution in [2.75, 3.05) is 19.1 Å². The summed E-state index contributed by atoms with van der Waals surface area (Å²) in [7, 11) is 3.05. The number of carbonyl (C=O) groups is 2. The monoisotopic (exact) mass is 324 g/mol. The van der Waals surface area contributed by atoms with Gasteiger partial charge in [-0.25, -0.2) is 4.79 Å². The van der Waals surface area contributed by atoms with E-state index in [1.807, 2.05) is 24.3 Å². The molecule has 0 saturated carbocycles. The molecule has 6 heteroatoms. The number of nitrogens with zero attached hydrogens (tertiary/aromatic N) is 2. The lowest BCUT2D eigenvalue weighted by Crippen LogP contribution is -2.23. The molecular weight excluding hydrogens is 308 g/mol. The highest BCUT2D eigenvalue weighted by molar-refractivity contribution is 6.00. The molecule has 0 spiro atoms. The first kappa shape index (κ1) is 15.6. The minimum Gasteiger partial charge on any atom is -0.496 e. The van der Waals surface area contributed by atoms with Crippen LogP contribution in [0.5, 0.6) is 5.75 Å². The van der Waals surface area contributed by atoms with Crippen LogP contribution in [-0.2, 0) is 4.79 Å². The molecule has 24 heavy (non-hydrogen) atoms. The van der Waals surface area contributed by atoms with E-state index in [0.29, 0.717) is 11.4 Å². The molecule has 0 atom stereocenters. The van der Waals surface area contributed by atoms with E-state index in [0.717, 1.165) is 33.3 Å². The summed E-state index contributed by atoms with van der Waals surface area (Å²) in [6.07, 6.45) is 1.40. The molecule has 0 aliphatic carbocycles. The van der Waals surface area contributed by atoms with Gasteiger partial charge < -0.3 is 9.84 Å². The summed E-state index contributed by atoms with van der Waals surface area (Å²) >= 11 is 0. The van der Waals surface area contributed by atoms with Gasteiger partial charge in [0.05, 0.1) is 12.6 Å². The zero-order chi connectivity index (χ0) is 17.3. The Morgan fingerprint density at radius 3 is 2.67 bits per heavy atom. The third-order valence-electron chi connectivity index (χ3n) is 4.02. The topological polar surface area (TPSA) is 71.8 Å². The number of hydrogen-bond donors (Lipinski definition) is 1. The van der Waals surface area contributed by atoms with Crippen LogP contribution in [-0.4, -0.2) is 36.3 Å². The van der Waals surface area contributed by atoms with E-state index in [2.05, 4.69) is 0 Å². The molecule has 1 N–H and O–H groups in total. The van der Waals surface area contributed by atoms with Gasteiger partial charge in [-0.3, -0.25) is 14.3 Å². The summed E-state index contributed by atoms with van der Waals surface area (Å²) in [4.78, 5) is 23.5. The van der Waals surface area contributed by atoms with E-state index in [1.165, 1.54) is 11.6 Å². The minimum atomic E-state index is -1.04. The van der Waals surface area contributed by atoms with Crippen LogP contribution in [0, 0.1) is 0 Å². The second kappa shape index (κ2) is 6.08. The lowest BCUT2D eigenvalue weighted by Gasteiger charge is -2.17. The van der Waals surface area contributed by atoms with Gasteiger partial charge in [-0.2, -0.15) is 0 Å². The Hall–Kier alpha value is -3.28. The third-order valence-corrected chi connectivity index (χ3v) is 4.02. The van der Waals surface area contributed by atoms with E-state index in [1.54, 1.807) is 31.5 Å². The third kappa shape index (κ3) is 2.48. The van der Waals surface area contributed by atoms with Gasteiger partial charge in [-0.05, 0) is 35.9 Å². The van der Waals surface area contributed by atoms with Crippen molar-refractivity contribution in [3.05, 3.63) is 48.7 Å². The Morgan fingerprint density at radius 2 is 2.00 bits per heavy atom. The standard InChI is InChI=1S/C18H16N2O4/c1-19(18(22)23)12-6-7-17(24-2)15(10-12)13-4-3-5-16-14(13)8-9-20(16)11-21/h3-11H,1-2H3,(H,22,23). The highest BCUT2D eigenvalue weighted by atomic mass is 16.5. The zero-order valence-corrected chi connectivity index (χ0v) is 13.3. The molecule has 6 nitrogen and oxygen atoms in total. The summed E-state index contributed by atoms with van der Waals surface area (Å²) in [5.74, 6) is 0.629. The van der Waals surface area contributed by atoms with Crippen molar-refractivity contribution in [3.8, 4) is 16.9 Å². The Balaban J connectivity index is 2.25. The number of ether oxygens (including phenoxy) is 1. The number of aromatic nitrogens is 1. The second-order valence-corrected chi connectivity index (χ2v) is 5.29. The van der Waals surface area contributed by atoms with Crippen LogP contribution >= 0.6 is 0 Å². The lowest BCUT2D eigenvalue weighted by atomic mass is 10.00. The molecule has 122 valence electrons. The molecule has 2 aromatic carbocycles. The fourth-order valence-electron chi connectivity index (χ4n) is 2.74. The first-order valence-corrected chi connectivity index (χ1v) is 7.26. The van der Waals surface area contributed by atoms with Crippen molar-refractivity contribution in [2.24, 2.45) is 0 Å².